The Hall–Kier alpha value is -2.15. The molecule has 0 radical (unpaired) electrons. The Morgan fingerprint density at radius 3 is 2.50 bits per heavy atom. The number of hydrogen-bond acceptors (Lipinski definition) is 3. The largest absolute Gasteiger partial charge is 0.300 e. The molecule has 1 aromatic carbocycles. The normalized spacial score (nSPS) is 9.06. The number of nitro groups is 1. The quantitative estimate of drug-likeness (QED) is 0.443. The predicted octanol–water partition coefficient (Wildman–Crippen LogP) is 2.32. The Balaban J connectivity index is 2.61. The van der Waals surface area contributed by atoms with E-state index in [0.717, 1.165) is 0 Å². The molecule has 0 fully saturated rings. The summed E-state index contributed by atoms with van der Waals surface area (Å²) >= 11 is 0. The molecule has 0 bridgehead atoms. The summed E-state index contributed by atoms with van der Waals surface area (Å²) in [4.78, 5) is 20.6. The number of benzene rings is 1. The maximum absolute atomic E-state index is 10.6. The van der Waals surface area contributed by atoms with Crippen molar-refractivity contribution in [2.75, 3.05) is 0 Å². The first-order valence-corrected chi connectivity index (χ1v) is 4.82. The van der Waals surface area contributed by atoms with Gasteiger partial charge in [-0.25, -0.2) is 0 Å². The van der Waals surface area contributed by atoms with Gasteiger partial charge in [0, 0.05) is 30.5 Å². The molecule has 4 nitrogen and oxygen atoms in total. The molecule has 0 unspecified atom stereocenters. The summed E-state index contributed by atoms with van der Waals surface area (Å²) in [6, 6.07) is 6.02. The lowest BCUT2D eigenvalue weighted by atomic mass is 10.2. The zero-order valence-electron chi connectivity index (χ0n) is 8.90. The van der Waals surface area contributed by atoms with Gasteiger partial charge in [-0.1, -0.05) is 11.8 Å². The number of hydrogen-bond donors (Lipinski definition) is 0. The molecular weight excluding hydrogens is 206 g/mol. The maximum Gasteiger partial charge on any atom is 0.269 e. The number of Topliss-reactive ketones (excluding diaryl/α,β-unsaturated/α-hetero) is 1. The van der Waals surface area contributed by atoms with Crippen LogP contribution in [-0.2, 0) is 4.79 Å². The number of rotatable bonds is 3. The number of non-ortho nitro benzene ring substituents is 1. The second-order valence-electron chi connectivity index (χ2n) is 3.31. The first-order chi connectivity index (χ1) is 7.59. The molecule has 0 aliphatic carbocycles. The van der Waals surface area contributed by atoms with E-state index in [1.54, 1.807) is 12.1 Å². The molecule has 0 heterocycles. The van der Waals surface area contributed by atoms with Gasteiger partial charge in [0.25, 0.3) is 5.69 Å². The van der Waals surface area contributed by atoms with E-state index in [1.165, 1.54) is 19.1 Å². The lowest BCUT2D eigenvalue weighted by Gasteiger charge is -1.91. The van der Waals surface area contributed by atoms with E-state index in [9.17, 15) is 14.9 Å². The van der Waals surface area contributed by atoms with Crippen LogP contribution >= 0.6 is 0 Å². The minimum Gasteiger partial charge on any atom is -0.300 e. The second-order valence-corrected chi connectivity index (χ2v) is 3.31. The first-order valence-electron chi connectivity index (χ1n) is 4.82. The molecule has 0 aliphatic rings. The second kappa shape index (κ2) is 5.66. The fourth-order valence-electron chi connectivity index (χ4n) is 1.07. The zero-order valence-corrected chi connectivity index (χ0v) is 8.90. The van der Waals surface area contributed by atoms with Crippen LogP contribution in [0, 0.1) is 22.0 Å². The summed E-state index contributed by atoms with van der Waals surface area (Å²) in [5, 5.41) is 10.4. The Morgan fingerprint density at radius 1 is 1.38 bits per heavy atom. The number of ketones is 1. The summed E-state index contributed by atoms with van der Waals surface area (Å²) < 4.78 is 0. The third kappa shape index (κ3) is 3.93. The van der Waals surface area contributed by atoms with Crippen LogP contribution < -0.4 is 0 Å². The van der Waals surface area contributed by atoms with Crippen LogP contribution in [0.3, 0.4) is 0 Å². The van der Waals surface area contributed by atoms with Crippen molar-refractivity contribution in [2.24, 2.45) is 0 Å². The molecule has 1 rings (SSSR count). The highest BCUT2D eigenvalue weighted by molar-refractivity contribution is 5.75. The van der Waals surface area contributed by atoms with Crippen LogP contribution in [0.2, 0.25) is 0 Å². The van der Waals surface area contributed by atoms with Gasteiger partial charge >= 0.3 is 0 Å². The van der Waals surface area contributed by atoms with E-state index in [1.807, 2.05) is 0 Å². The molecule has 0 atom stereocenters. The summed E-state index contributed by atoms with van der Waals surface area (Å²) in [5.41, 5.74) is 0.767. The Kier molecular flexibility index (Phi) is 4.22. The van der Waals surface area contributed by atoms with Gasteiger partial charge in [0.1, 0.15) is 5.78 Å². The minimum absolute atomic E-state index is 0.0503. The number of nitro benzene ring substituents is 1. The van der Waals surface area contributed by atoms with Gasteiger partial charge in [-0.2, -0.15) is 0 Å². The van der Waals surface area contributed by atoms with Gasteiger partial charge in [0.05, 0.1) is 4.92 Å². The van der Waals surface area contributed by atoms with Crippen molar-refractivity contribution in [2.45, 2.75) is 19.8 Å². The number of carbonyl (C=O) groups excluding carboxylic acids is 1. The smallest absolute Gasteiger partial charge is 0.269 e. The van der Waals surface area contributed by atoms with Crippen LogP contribution in [0.15, 0.2) is 24.3 Å². The molecular formula is C12H11NO3. The van der Waals surface area contributed by atoms with Crippen LogP contribution in [0.4, 0.5) is 5.69 Å². The van der Waals surface area contributed by atoms with Gasteiger partial charge < -0.3 is 0 Å². The Bertz CT molecular complexity index is 451. The molecule has 82 valence electrons. The van der Waals surface area contributed by atoms with Gasteiger partial charge in [0.15, 0.2) is 0 Å². The molecule has 0 spiro atoms. The lowest BCUT2D eigenvalue weighted by Crippen LogP contribution is -1.87. The highest BCUT2D eigenvalue weighted by atomic mass is 16.6. The fraction of sp³-hybridized carbons (Fsp3) is 0.250. The topological polar surface area (TPSA) is 60.2 Å². The van der Waals surface area contributed by atoms with Crippen molar-refractivity contribution < 1.29 is 9.72 Å². The Labute approximate surface area is 93.4 Å². The van der Waals surface area contributed by atoms with Crippen LogP contribution in [0.25, 0.3) is 0 Å². The van der Waals surface area contributed by atoms with Gasteiger partial charge in [-0.3, -0.25) is 14.9 Å². The molecule has 1 aromatic rings. The highest BCUT2D eigenvalue weighted by Gasteiger charge is 2.01. The molecule has 0 saturated carbocycles. The molecule has 0 N–H and O–H groups in total. The van der Waals surface area contributed by atoms with Crippen molar-refractivity contribution in [1.29, 1.82) is 0 Å². The average Bonchev–Trinajstić information content (AvgIpc) is 2.25. The third-order valence-electron chi connectivity index (χ3n) is 1.91. The fourth-order valence-corrected chi connectivity index (χ4v) is 1.07. The van der Waals surface area contributed by atoms with E-state index in [-0.39, 0.29) is 11.5 Å². The Morgan fingerprint density at radius 2 is 2.00 bits per heavy atom. The number of carbonyl (C=O) groups is 1. The van der Waals surface area contributed by atoms with Gasteiger partial charge in [0.2, 0.25) is 0 Å². The van der Waals surface area contributed by atoms with Gasteiger partial charge in [-0.05, 0) is 19.1 Å². The third-order valence-corrected chi connectivity index (χ3v) is 1.91. The van der Waals surface area contributed by atoms with Crippen molar-refractivity contribution in [3.05, 3.63) is 39.9 Å². The first kappa shape index (κ1) is 11.9. The van der Waals surface area contributed by atoms with E-state index < -0.39 is 4.92 Å². The van der Waals surface area contributed by atoms with Crippen molar-refractivity contribution in [3.63, 3.8) is 0 Å². The zero-order chi connectivity index (χ0) is 12.0. The number of nitrogens with zero attached hydrogens (tertiary/aromatic N) is 1. The van der Waals surface area contributed by atoms with Crippen molar-refractivity contribution in [1.82, 2.24) is 0 Å². The summed E-state index contributed by atoms with van der Waals surface area (Å²) in [7, 11) is 0. The van der Waals surface area contributed by atoms with E-state index in [4.69, 9.17) is 0 Å². The predicted molar refractivity (Wildman–Crippen MR) is 59.9 cm³/mol. The average molecular weight is 217 g/mol. The van der Waals surface area contributed by atoms with E-state index >= 15 is 0 Å². The summed E-state index contributed by atoms with van der Waals surface area (Å²) in [6.45, 7) is 1.52. The van der Waals surface area contributed by atoms with Crippen molar-refractivity contribution >= 4 is 11.5 Å². The maximum atomic E-state index is 10.6. The lowest BCUT2D eigenvalue weighted by molar-refractivity contribution is -0.384. The highest BCUT2D eigenvalue weighted by Crippen LogP contribution is 2.10. The van der Waals surface area contributed by atoms with E-state index in [2.05, 4.69) is 11.8 Å². The van der Waals surface area contributed by atoms with Crippen molar-refractivity contribution in [3.8, 4) is 11.8 Å². The van der Waals surface area contributed by atoms with Crippen LogP contribution in [-0.4, -0.2) is 10.7 Å². The molecule has 0 saturated heterocycles. The van der Waals surface area contributed by atoms with Gasteiger partial charge in [-0.15, -0.1) is 0 Å². The summed E-state index contributed by atoms with van der Waals surface area (Å²) in [6.07, 6.45) is 0.965. The molecule has 0 aromatic heterocycles. The molecule has 0 amide bonds. The monoisotopic (exact) mass is 217 g/mol. The molecule has 4 heteroatoms. The molecule has 16 heavy (non-hydrogen) atoms. The summed E-state index contributed by atoms with van der Waals surface area (Å²) in [5.74, 6) is 5.79. The molecule has 0 aliphatic heterocycles. The minimum atomic E-state index is -0.451. The van der Waals surface area contributed by atoms with Crippen LogP contribution in [0.1, 0.15) is 25.3 Å². The van der Waals surface area contributed by atoms with Crippen LogP contribution in [0.5, 0.6) is 0 Å². The standard InChI is InChI=1S/C12H11NO3/c1-10(14)4-2-3-5-11-6-8-12(9-7-11)13(15)16/h6-9H,2,4H2,1H3. The SMILES string of the molecule is CC(=O)CCC#Cc1ccc([N+](=O)[O-])cc1. The van der Waals surface area contributed by atoms with E-state index in [0.29, 0.717) is 18.4 Å².